The minimum atomic E-state index is -0.920. The predicted octanol–water partition coefficient (Wildman–Crippen LogP) is 3.17. The Labute approximate surface area is 159 Å². The number of aromatic nitrogens is 2. The fourth-order valence-electron chi connectivity index (χ4n) is 4.03. The Morgan fingerprint density at radius 3 is 2.74 bits per heavy atom. The molecule has 0 spiro atoms. The number of carbonyl (C=O) groups is 2. The molecule has 144 valence electrons. The minimum Gasteiger partial charge on any atom is -0.478 e. The van der Waals surface area contributed by atoms with Crippen molar-refractivity contribution in [2.45, 2.75) is 52.5 Å². The van der Waals surface area contributed by atoms with Gasteiger partial charge in [-0.25, -0.2) is 4.79 Å². The maximum absolute atomic E-state index is 12.9. The van der Waals surface area contributed by atoms with Gasteiger partial charge in [0.05, 0.1) is 11.3 Å². The van der Waals surface area contributed by atoms with Crippen LogP contribution < -0.4 is 0 Å². The summed E-state index contributed by atoms with van der Waals surface area (Å²) in [6.07, 6.45) is 2.80. The lowest BCUT2D eigenvalue weighted by atomic mass is 9.89. The Bertz CT molecular complexity index is 856. The molecule has 3 rings (SSSR count). The number of rotatable bonds is 5. The molecule has 1 N–H and O–H groups in total. The summed E-state index contributed by atoms with van der Waals surface area (Å²) in [5.74, 6) is -0.673. The molecule has 1 amide bonds. The molecule has 1 atom stereocenters. The quantitative estimate of drug-likeness (QED) is 0.878. The van der Waals surface area contributed by atoms with Crippen molar-refractivity contribution < 1.29 is 14.7 Å². The smallest absolute Gasteiger partial charge is 0.335 e. The number of nitrogens with zero attached hydrogens (tertiary/aromatic N) is 3. The number of likely N-dealkylation sites (tertiary alicyclic amines) is 1. The standard InChI is InChI=1S/C21H27N3O3/c1-4-19-14(2)22-24(15(19)3)13-20(25)23-10-6-9-18(12-23)16-7-5-8-17(11-16)21(26)27/h5,7-8,11,18H,4,6,9-10,12-13H2,1-3H3,(H,26,27)/t18-/m1/s1. The third kappa shape index (κ3) is 4.04. The zero-order chi connectivity index (χ0) is 19.6. The van der Waals surface area contributed by atoms with Gasteiger partial charge < -0.3 is 10.0 Å². The molecule has 1 aliphatic rings. The van der Waals surface area contributed by atoms with Gasteiger partial charge in [-0.2, -0.15) is 5.10 Å². The van der Waals surface area contributed by atoms with Crippen LogP contribution in [0.5, 0.6) is 0 Å². The Kier molecular flexibility index (Phi) is 5.63. The van der Waals surface area contributed by atoms with Crippen LogP contribution in [-0.2, 0) is 17.8 Å². The first-order valence-corrected chi connectivity index (χ1v) is 9.54. The van der Waals surface area contributed by atoms with Crippen LogP contribution in [0.4, 0.5) is 0 Å². The van der Waals surface area contributed by atoms with E-state index in [1.807, 2.05) is 29.5 Å². The van der Waals surface area contributed by atoms with Crippen LogP contribution >= 0.6 is 0 Å². The average Bonchev–Trinajstić information content (AvgIpc) is 2.94. The van der Waals surface area contributed by atoms with Gasteiger partial charge in [0.15, 0.2) is 0 Å². The molecule has 1 aliphatic heterocycles. The van der Waals surface area contributed by atoms with Crippen LogP contribution in [0.15, 0.2) is 24.3 Å². The van der Waals surface area contributed by atoms with Crippen LogP contribution in [0, 0.1) is 13.8 Å². The lowest BCUT2D eigenvalue weighted by Crippen LogP contribution is -2.41. The number of carboxylic acid groups (broad SMARTS) is 1. The molecule has 0 aliphatic carbocycles. The first-order chi connectivity index (χ1) is 12.9. The summed E-state index contributed by atoms with van der Waals surface area (Å²) in [4.78, 5) is 26.0. The molecule has 0 unspecified atom stereocenters. The van der Waals surface area contributed by atoms with Gasteiger partial charge in [-0.05, 0) is 56.4 Å². The Hall–Kier alpha value is -2.63. The number of aryl methyl sites for hydroxylation is 1. The highest BCUT2D eigenvalue weighted by atomic mass is 16.4. The minimum absolute atomic E-state index is 0.0716. The highest BCUT2D eigenvalue weighted by Gasteiger charge is 2.26. The van der Waals surface area contributed by atoms with Crippen LogP contribution in [0.3, 0.4) is 0 Å². The molecular formula is C21H27N3O3. The number of carboxylic acids is 1. The summed E-state index contributed by atoms with van der Waals surface area (Å²) in [7, 11) is 0. The summed E-state index contributed by atoms with van der Waals surface area (Å²) in [6, 6.07) is 7.07. The number of carbonyl (C=O) groups excluding carboxylic acids is 1. The zero-order valence-corrected chi connectivity index (χ0v) is 16.2. The first kappa shape index (κ1) is 19.1. The fourth-order valence-corrected chi connectivity index (χ4v) is 4.03. The molecule has 1 aromatic heterocycles. The highest BCUT2D eigenvalue weighted by Crippen LogP contribution is 2.28. The van der Waals surface area contributed by atoms with Crippen molar-refractivity contribution in [2.24, 2.45) is 0 Å². The summed E-state index contributed by atoms with van der Waals surface area (Å²) in [5.41, 5.74) is 4.55. The van der Waals surface area contributed by atoms with Crippen LogP contribution in [0.25, 0.3) is 0 Å². The van der Waals surface area contributed by atoms with Crippen molar-refractivity contribution in [3.05, 3.63) is 52.3 Å². The van der Waals surface area contributed by atoms with Crippen LogP contribution in [-0.4, -0.2) is 44.8 Å². The summed E-state index contributed by atoms with van der Waals surface area (Å²) < 4.78 is 1.81. The van der Waals surface area contributed by atoms with Crippen molar-refractivity contribution >= 4 is 11.9 Å². The first-order valence-electron chi connectivity index (χ1n) is 9.54. The number of amides is 1. The van der Waals surface area contributed by atoms with Crippen molar-refractivity contribution in [1.29, 1.82) is 0 Å². The third-order valence-electron chi connectivity index (χ3n) is 5.55. The molecular weight excluding hydrogens is 342 g/mol. The predicted molar refractivity (Wildman–Crippen MR) is 103 cm³/mol. The monoisotopic (exact) mass is 369 g/mol. The molecule has 1 fully saturated rings. The average molecular weight is 369 g/mol. The van der Waals surface area contributed by atoms with Gasteiger partial charge in [-0.3, -0.25) is 9.48 Å². The Morgan fingerprint density at radius 1 is 1.30 bits per heavy atom. The topological polar surface area (TPSA) is 75.4 Å². The maximum Gasteiger partial charge on any atom is 0.335 e. The molecule has 0 saturated carbocycles. The molecule has 6 heteroatoms. The molecule has 1 saturated heterocycles. The Morgan fingerprint density at radius 2 is 2.07 bits per heavy atom. The van der Waals surface area contributed by atoms with Gasteiger partial charge in [0, 0.05) is 24.7 Å². The van der Waals surface area contributed by atoms with E-state index in [9.17, 15) is 14.7 Å². The van der Waals surface area contributed by atoms with Gasteiger partial charge in [0.1, 0.15) is 6.54 Å². The van der Waals surface area contributed by atoms with Crippen molar-refractivity contribution in [1.82, 2.24) is 14.7 Å². The van der Waals surface area contributed by atoms with E-state index in [-0.39, 0.29) is 18.4 Å². The van der Waals surface area contributed by atoms with Crippen molar-refractivity contribution in [2.75, 3.05) is 13.1 Å². The van der Waals surface area contributed by atoms with E-state index in [2.05, 4.69) is 12.0 Å². The van der Waals surface area contributed by atoms with E-state index >= 15 is 0 Å². The van der Waals surface area contributed by atoms with Gasteiger partial charge in [-0.1, -0.05) is 19.1 Å². The van der Waals surface area contributed by atoms with Crippen molar-refractivity contribution in [3.8, 4) is 0 Å². The molecule has 2 heterocycles. The zero-order valence-electron chi connectivity index (χ0n) is 16.2. The van der Waals surface area contributed by atoms with Gasteiger partial charge in [-0.15, -0.1) is 0 Å². The third-order valence-corrected chi connectivity index (χ3v) is 5.55. The van der Waals surface area contributed by atoms with Crippen LogP contribution in [0.2, 0.25) is 0 Å². The van der Waals surface area contributed by atoms with Gasteiger partial charge in [0.2, 0.25) is 5.91 Å². The van der Waals surface area contributed by atoms with Gasteiger partial charge >= 0.3 is 5.97 Å². The largest absolute Gasteiger partial charge is 0.478 e. The second-order valence-corrected chi connectivity index (χ2v) is 7.27. The number of aromatic carboxylic acids is 1. The molecule has 0 bridgehead atoms. The second kappa shape index (κ2) is 7.94. The summed E-state index contributed by atoms with van der Waals surface area (Å²) in [5, 5.41) is 13.7. The van der Waals surface area contributed by atoms with E-state index in [1.54, 1.807) is 18.2 Å². The second-order valence-electron chi connectivity index (χ2n) is 7.27. The SMILES string of the molecule is CCc1c(C)nn(CC(=O)N2CCC[C@@H](c3cccc(C(=O)O)c3)C2)c1C. The fraction of sp³-hybridized carbons (Fsp3) is 0.476. The normalized spacial score (nSPS) is 17.1. The van der Waals surface area contributed by atoms with Gasteiger partial charge in [0.25, 0.3) is 0 Å². The van der Waals surface area contributed by atoms with Crippen LogP contribution in [0.1, 0.15) is 58.6 Å². The Balaban J connectivity index is 1.71. The molecule has 27 heavy (non-hydrogen) atoms. The molecule has 1 aromatic carbocycles. The summed E-state index contributed by atoms with van der Waals surface area (Å²) >= 11 is 0. The lowest BCUT2D eigenvalue weighted by Gasteiger charge is -2.33. The molecule has 6 nitrogen and oxygen atoms in total. The van der Waals surface area contributed by atoms with E-state index in [1.165, 1.54) is 5.56 Å². The molecule has 2 aromatic rings. The number of benzene rings is 1. The van der Waals surface area contributed by atoms with Crippen molar-refractivity contribution in [3.63, 3.8) is 0 Å². The number of hydrogen-bond donors (Lipinski definition) is 1. The molecule has 0 radical (unpaired) electrons. The summed E-state index contributed by atoms with van der Waals surface area (Å²) in [6.45, 7) is 7.73. The highest BCUT2D eigenvalue weighted by molar-refractivity contribution is 5.87. The number of hydrogen-bond acceptors (Lipinski definition) is 3. The van der Waals surface area contributed by atoms with E-state index in [4.69, 9.17) is 0 Å². The number of piperidine rings is 1. The van der Waals surface area contributed by atoms with E-state index in [0.717, 1.165) is 42.8 Å². The van der Waals surface area contributed by atoms with E-state index < -0.39 is 5.97 Å². The van der Waals surface area contributed by atoms with E-state index in [0.29, 0.717) is 12.1 Å². The lowest BCUT2D eigenvalue weighted by molar-refractivity contribution is -0.133. The maximum atomic E-state index is 12.9.